The van der Waals surface area contributed by atoms with Crippen LogP contribution in [0, 0.1) is 23.7 Å². The monoisotopic (exact) mass is 918 g/mol. The summed E-state index contributed by atoms with van der Waals surface area (Å²) < 4.78 is 5.86. The molecule has 2 aliphatic rings. The first-order chi connectivity index (χ1) is 31.1. The van der Waals surface area contributed by atoms with Crippen molar-refractivity contribution in [1.82, 2.24) is 25.8 Å². The number of cyclic esters (lactones) is 1. The van der Waals surface area contributed by atoms with E-state index in [1.165, 1.54) is 33.0 Å². The number of amides is 6. The zero-order chi connectivity index (χ0) is 49.0. The summed E-state index contributed by atoms with van der Waals surface area (Å²) in [6, 6.07) is 7.74. The molecule has 0 unspecified atom stereocenters. The number of benzene rings is 2. The van der Waals surface area contributed by atoms with Crippen LogP contribution in [0.5, 0.6) is 5.75 Å². The van der Waals surface area contributed by atoms with Crippen molar-refractivity contribution in [2.45, 2.75) is 142 Å². The molecule has 18 heteroatoms. The molecule has 0 aliphatic carbocycles. The van der Waals surface area contributed by atoms with Crippen LogP contribution in [0.1, 0.15) is 97.6 Å². The van der Waals surface area contributed by atoms with E-state index >= 15 is 4.79 Å². The van der Waals surface area contributed by atoms with Gasteiger partial charge in [0, 0.05) is 51.0 Å². The average Bonchev–Trinajstić information content (AvgIpc) is 3.25. The molecule has 0 spiro atoms. The molecular weight excluding hydrogens is 853 g/mol. The Labute approximate surface area is 385 Å². The highest BCUT2D eigenvalue weighted by Crippen LogP contribution is 2.30. The van der Waals surface area contributed by atoms with Crippen LogP contribution in [0.3, 0.4) is 0 Å². The molecule has 2 aromatic carbocycles. The summed E-state index contributed by atoms with van der Waals surface area (Å²) in [6.07, 6.45) is -4.00. The van der Waals surface area contributed by atoms with Gasteiger partial charge in [-0.2, -0.15) is 0 Å². The van der Waals surface area contributed by atoms with E-state index in [0.717, 1.165) is 9.80 Å². The number of nitrogens with zero attached hydrogens (tertiary/aromatic N) is 2. The number of ether oxygens (including phenoxy) is 1. The summed E-state index contributed by atoms with van der Waals surface area (Å²) in [5.74, 6) is -9.59. The lowest BCUT2D eigenvalue weighted by Gasteiger charge is -2.43. The highest BCUT2D eigenvalue weighted by atomic mass is 16.5. The van der Waals surface area contributed by atoms with Crippen LogP contribution in [-0.4, -0.2) is 123 Å². The van der Waals surface area contributed by atoms with Gasteiger partial charge in [-0.05, 0) is 74.6 Å². The lowest BCUT2D eigenvalue weighted by Crippen LogP contribution is -2.62. The second kappa shape index (κ2) is 23.8. The minimum absolute atomic E-state index is 0.00290. The van der Waals surface area contributed by atoms with Gasteiger partial charge in [-0.25, -0.2) is 4.79 Å². The van der Waals surface area contributed by atoms with Crippen molar-refractivity contribution in [2.24, 2.45) is 29.4 Å². The molecule has 2 saturated heterocycles. The van der Waals surface area contributed by atoms with Gasteiger partial charge in [0.15, 0.2) is 5.78 Å². The molecular formula is C48H66N6O12. The second-order valence-corrected chi connectivity index (χ2v) is 18.4. The maximum absolute atomic E-state index is 15.0. The smallest absolute Gasteiger partial charge is 0.329 e. The molecule has 2 bridgehead atoms. The average molecular weight is 919 g/mol. The Morgan fingerprint density at radius 2 is 1.48 bits per heavy atom. The van der Waals surface area contributed by atoms with E-state index in [1.54, 1.807) is 56.3 Å². The Morgan fingerprint density at radius 1 is 0.864 bits per heavy atom. The van der Waals surface area contributed by atoms with Crippen molar-refractivity contribution in [3.8, 4) is 5.75 Å². The van der Waals surface area contributed by atoms with E-state index in [1.807, 2.05) is 13.8 Å². The van der Waals surface area contributed by atoms with Gasteiger partial charge >= 0.3 is 5.97 Å². The SMILES string of the molecule is CC(=O)C[C@@H](CCC(N)=O)C(=O)N[C@@H]1C(=O)N[C@@H](CC(C)C)C(=O)C[C@H]2CC[C@@H](O)N(C2=O)[C@@H](Cc2ccccc2)C(=O)N(C)[C@@H](Cc2ccc(O)cc2)C(=O)N[C@@H](C(C)C)C(=O)O[C@@H]1C. The Balaban J connectivity index is 1.88. The number of carbonyl (C=O) groups excluding carboxylic acids is 9. The van der Waals surface area contributed by atoms with Gasteiger partial charge in [0.1, 0.15) is 48.0 Å². The minimum atomic E-state index is -1.68. The first-order valence-corrected chi connectivity index (χ1v) is 22.6. The number of nitrogens with one attached hydrogen (secondary N) is 3. The summed E-state index contributed by atoms with van der Waals surface area (Å²) in [4.78, 5) is 127. The number of phenols is 1. The number of rotatable bonds is 14. The van der Waals surface area contributed by atoms with Crippen molar-refractivity contribution in [1.29, 1.82) is 0 Å². The molecule has 66 heavy (non-hydrogen) atoms. The number of aromatic hydroxyl groups is 1. The fourth-order valence-electron chi connectivity index (χ4n) is 8.43. The maximum atomic E-state index is 15.0. The van der Waals surface area contributed by atoms with Crippen LogP contribution in [0.15, 0.2) is 54.6 Å². The number of nitrogens with two attached hydrogens (primary N) is 1. The number of primary amides is 1. The summed E-state index contributed by atoms with van der Waals surface area (Å²) >= 11 is 0. The third kappa shape index (κ3) is 14.4. The molecule has 0 aromatic heterocycles. The van der Waals surface area contributed by atoms with Gasteiger partial charge < -0.3 is 51.2 Å². The molecule has 9 atom stereocenters. The summed E-state index contributed by atoms with van der Waals surface area (Å²) in [5, 5.41) is 29.6. The van der Waals surface area contributed by atoms with Gasteiger partial charge in [-0.3, -0.25) is 33.6 Å². The number of fused-ring (bicyclic) bond motifs is 2. The topological polar surface area (TPSA) is 272 Å². The zero-order valence-corrected chi connectivity index (χ0v) is 38.9. The number of ketones is 2. The van der Waals surface area contributed by atoms with Crippen LogP contribution in [0.25, 0.3) is 0 Å². The van der Waals surface area contributed by atoms with E-state index in [4.69, 9.17) is 10.5 Å². The van der Waals surface area contributed by atoms with Crippen LogP contribution in [0.4, 0.5) is 0 Å². The maximum Gasteiger partial charge on any atom is 0.329 e. The second-order valence-electron chi connectivity index (χ2n) is 18.4. The molecule has 2 aliphatic heterocycles. The number of carbonyl (C=O) groups is 9. The van der Waals surface area contributed by atoms with E-state index in [9.17, 15) is 48.6 Å². The fraction of sp³-hybridized carbons (Fsp3) is 0.562. The predicted molar refractivity (Wildman–Crippen MR) is 240 cm³/mol. The zero-order valence-electron chi connectivity index (χ0n) is 38.9. The van der Waals surface area contributed by atoms with Crippen molar-refractivity contribution < 1.29 is 58.1 Å². The third-order valence-corrected chi connectivity index (χ3v) is 12.1. The van der Waals surface area contributed by atoms with E-state index in [-0.39, 0.29) is 75.2 Å². The number of Topliss-reactive ketones (excluding diaryl/α,β-unsaturated/α-hetero) is 2. The number of hydrogen-bond acceptors (Lipinski definition) is 12. The number of esters is 1. The van der Waals surface area contributed by atoms with Crippen molar-refractivity contribution in [2.75, 3.05) is 7.05 Å². The summed E-state index contributed by atoms with van der Waals surface area (Å²) in [6.45, 7) is 9.48. The molecule has 0 saturated carbocycles. The normalized spacial score (nSPS) is 25.5. The van der Waals surface area contributed by atoms with Gasteiger partial charge in [0.25, 0.3) is 0 Å². The number of piperidine rings is 1. The first-order valence-electron chi connectivity index (χ1n) is 22.6. The molecule has 0 radical (unpaired) electrons. The molecule has 2 heterocycles. The number of aliphatic hydroxyl groups excluding tert-OH is 1. The van der Waals surface area contributed by atoms with E-state index < -0.39 is 107 Å². The molecule has 2 aromatic rings. The van der Waals surface area contributed by atoms with Crippen LogP contribution in [-0.2, 0) is 60.7 Å². The molecule has 7 N–H and O–H groups in total. The number of hydrogen-bond donors (Lipinski definition) is 6. The lowest BCUT2D eigenvalue weighted by atomic mass is 9.86. The Hall–Kier alpha value is -6.17. The molecule has 6 amide bonds. The Kier molecular flexibility index (Phi) is 19.0. The predicted octanol–water partition coefficient (Wildman–Crippen LogP) is 1.85. The third-order valence-electron chi connectivity index (χ3n) is 12.1. The standard InChI is InChI=1S/C48H66N6O12/c1-26(2)21-35-38(57)25-33-16-20-40(59)54(46(33)63)37(24-30-11-9-8-10-12-30)47(64)53(7)36(23-31-13-17-34(56)18-14-31)44(61)51-41(27(3)4)48(65)66-29(6)42(45(62)50-35)52-43(60)32(22-28(5)55)15-19-39(49)58/h8-14,17-18,26-27,29,32-33,35-37,40-42,56,59H,15-16,19-25H2,1-7H3,(H2,49,58)(H,50,62)(H,51,61)(H,52,60)/t29-,32-,33-,35+,36+,37+,40-,41+,42+/m1/s1. The number of aliphatic hydroxyl groups is 1. The van der Waals surface area contributed by atoms with E-state index in [2.05, 4.69) is 16.0 Å². The highest BCUT2D eigenvalue weighted by Gasteiger charge is 2.46. The number of likely N-dealkylation sites (N-methyl/N-ethyl adjacent to an activating group) is 1. The van der Waals surface area contributed by atoms with Gasteiger partial charge in [0.05, 0.1) is 6.04 Å². The Morgan fingerprint density at radius 3 is 2.08 bits per heavy atom. The summed E-state index contributed by atoms with van der Waals surface area (Å²) in [7, 11) is 1.38. The minimum Gasteiger partial charge on any atom is -0.508 e. The largest absolute Gasteiger partial charge is 0.508 e. The van der Waals surface area contributed by atoms with E-state index in [0.29, 0.717) is 11.1 Å². The highest BCUT2D eigenvalue weighted by molar-refractivity contribution is 5.98. The molecule has 18 nitrogen and oxygen atoms in total. The molecule has 2 fully saturated rings. The summed E-state index contributed by atoms with van der Waals surface area (Å²) in [5.41, 5.74) is 6.51. The van der Waals surface area contributed by atoms with Crippen LogP contribution < -0.4 is 21.7 Å². The van der Waals surface area contributed by atoms with Crippen molar-refractivity contribution >= 4 is 53.0 Å². The van der Waals surface area contributed by atoms with Crippen LogP contribution in [0.2, 0.25) is 0 Å². The quantitative estimate of drug-likeness (QED) is 0.148. The lowest BCUT2D eigenvalue weighted by molar-refractivity contribution is -0.167. The van der Waals surface area contributed by atoms with Gasteiger partial charge in [-0.15, -0.1) is 0 Å². The van der Waals surface area contributed by atoms with Crippen LogP contribution >= 0.6 is 0 Å². The Bertz CT molecular complexity index is 2080. The van der Waals surface area contributed by atoms with Crippen molar-refractivity contribution in [3.05, 3.63) is 65.7 Å². The fourth-order valence-corrected chi connectivity index (χ4v) is 8.43. The molecule has 4 rings (SSSR count). The first kappa shape index (κ1) is 52.5. The van der Waals surface area contributed by atoms with Gasteiger partial charge in [-0.1, -0.05) is 70.2 Å². The molecule has 360 valence electrons. The number of phenolic OH excluding ortho intramolecular Hbond substituents is 1. The van der Waals surface area contributed by atoms with Crippen molar-refractivity contribution in [3.63, 3.8) is 0 Å². The van der Waals surface area contributed by atoms with Gasteiger partial charge in [0.2, 0.25) is 35.4 Å².